The van der Waals surface area contributed by atoms with Gasteiger partial charge in [0.2, 0.25) is 11.8 Å². The molecule has 0 aromatic heterocycles. The van der Waals surface area contributed by atoms with Crippen LogP contribution in [-0.2, 0) is 9.59 Å². The Morgan fingerprint density at radius 1 is 1.36 bits per heavy atom. The van der Waals surface area contributed by atoms with Gasteiger partial charge in [-0.2, -0.15) is 0 Å². The number of amides is 2. The molecule has 0 spiro atoms. The van der Waals surface area contributed by atoms with E-state index in [0.717, 1.165) is 29.7 Å². The second kappa shape index (κ2) is 7.74. The first-order chi connectivity index (χ1) is 10.5. The van der Waals surface area contributed by atoms with Crippen molar-refractivity contribution in [3.05, 3.63) is 29.3 Å². The lowest BCUT2D eigenvalue weighted by atomic mass is 10.1. The van der Waals surface area contributed by atoms with Gasteiger partial charge in [-0.1, -0.05) is 36.1 Å². The van der Waals surface area contributed by atoms with E-state index in [9.17, 15) is 9.59 Å². The predicted octanol–water partition coefficient (Wildman–Crippen LogP) is 3.27. The third kappa shape index (κ3) is 4.55. The number of nitrogens with one attached hydrogen (secondary N) is 1. The highest BCUT2D eigenvalue weighted by Crippen LogP contribution is 2.20. The van der Waals surface area contributed by atoms with Crippen molar-refractivity contribution in [2.24, 2.45) is 0 Å². The maximum Gasteiger partial charge on any atom is 0.238 e. The fourth-order valence-corrected chi connectivity index (χ4v) is 3.36. The standard InChI is InChI=1S/C16H20N2O2S2/c1-11-6-7-12(2)13(9-11)17-14(19)5-3-4-8-18-15(20)10-22-16(18)21/h6-7,9H,3-5,8,10H2,1-2H3,(H,17,19). The topological polar surface area (TPSA) is 49.4 Å². The fourth-order valence-electron chi connectivity index (χ4n) is 2.24. The van der Waals surface area contributed by atoms with Crippen LogP contribution >= 0.6 is 24.0 Å². The first-order valence-electron chi connectivity index (χ1n) is 7.31. The molecular formula is C16H20N2O2S2. The van der Waals surface area contributed by atoms with Gasteiger partial charge in [-0.15, -0.1) is 0 Å². The molecule has 1 heterocycles. The molecule has 0 atom stereocenters. The smallest absolute Gasteiger partial charge is 0.238 e. The van der Waals surface area contributed by atoms with Crippen LogP contribution in [0.2, 0.25) is 0 Å². The van der Waals surface area contributed by atoms with E-state index >= 15 is 0 Å². The van der Waals surface area contributed by atoms with Gasteiger partial charge in [0.05, 0.1) is 5.75 Å². The van der Waals surface area contributed by atoms with Gasteiger partial charge < -0.3 is 5.32 Å². The van der Waals surface area contributed by atoms with Gasteiger partial charge in [0.1, 0.15) is 4.32 Å². The molecule has 1 N–H and O–H groups in total. The molecular weight excluding hydrogens is 316 g/mol. The first kappa shape index (κ1) is 17.0. The van der Waals surface area contributed by atoms with Gasteiger partial charge in [-0.05, 0) is 43.9 Å². The van der Waals surface area contributed by atoms with Crippen LogP contribution in [0, 0.1) is 13.8 Å². The number of carbonyl (C=O) groups excluding carboxylic acids is 2. The Balaban J connectivity index is 1.73. The van der Waals surface area contributed by atoms with Crippen molar-refractivity contribution in [1.82, 2.24) is 4.90 Å². The normalized spacial score (nSPS) is 14.5. The number of nitrogens with zero attached hydrogens (tertiary/aromatic N) is 1. The summed E-state index contributed by atoms with van der Waals surface area (Å²) in [5, 5.41) is 2.95. The molecule has 0 aliphatic carbocycles. The van der Waals surface area contributed by atoms with Crippen molar-refractivity contribution in [2.75, 3.05) is 17.6 Å². The van der Waals surface area contributed by atoms with Crippen LogP contribution in [0.1, 0.15) is 30.4 Å². The third-order valence-electron chi connectivity index (χ3n) is 3.54. The number of aryl methyl sites for hydroxylation is 2. The van der Waals surface area contributed by atoms with E-state index in [1.165, 1.54) is 11.8 Å². The number of hydrogen-bond acceptors (Lipinski definition) is 4. The molecule has 1 saturated heterocycles. The summed E-state index contributed by atoms with van der Waals surface area (Å²) in [6.07, 6.45) is 1.98. The van der Waals surface area contributed by atoms with E-state index in [1.807, 2.05) is 32.0 Å². The van der Waals surface area contributed by atoms with Crippen LogP contribution in [-0.4, -0.2) is 33.3 Å². The number of hydrogen-bond donors (Lipinski definition) is 1. The molecule has 0 saturated carbocycles. The van der Waals surface area contributed by atoms with Gasteiger partial charge in [0.15, 0.2) is 0 Å². The Labute approximate surface area is 140 Å². The van der Waals surface area contributed by atoms with Crippen molar-refractivity contribution in [3.63, 3.8) is 0 Å². The number of rotatable bonds is 6. The quantitative estimate of drug-likeness (QED) is 0.640. The van der Waals surface area contributed by atoms with Gasteiger partial charge in [-0.3, -0.25) is 14.5 Å². The maximum absolute atomic E-state index is 12.0. The van der Waals surface area contributed by atoms with Crippen molar-refractivity contribution in [2.45, 2.75) is 33.1 Å². The van der Waals surface area contributed by atoms with Crippen LogP contribution in [0.5, 0.6) is 0 Å². The van der Waals surface area contributed by atoms with E-state index < -0.39 is 0 Å². The van der Waals surface area contributed by atoms with Gasteiger partial charge >= 0.3 is 0 Å². The number of thioether (sulfide) groups is 1. The third-order valence-corrected chi connectivity index (χ3v) is 4.98. The molecule has 2 rings (SSSR count). The van der Waals surface area contributed by atoms with Crippen LogP contribution in [0.25, 0.3) is 0 Å². The number of anilines is 1. The largest absolute Gasteiger partial charge is 0.326 e. The van der Waals surface area contributed by atoms with Crippen LogP contribution in [0.3, 0.4) is 0 Å². The number of benzene rings is 1. The molecule has 0 bridgehead atoms. The Bertz CT molecular complexity index is 586. The Hall–Kier alpha value is -1.40. The van der Waals surface area contributed by atoms with Gasteiger partial charge in [-0.25, -0.2) is 0 Å². The number of unbranched alkanes of at least 4 members (excludes halogenated alkanes) is 1. The Kier molecular flexibility index (Phi) is 5.97. The van der Waals surface area contributed by atoms with E-state index in [1.54, 1.807) is 4.90 Å². The molecule has 0 radical (unpaired) electrons. The molecule has 0 unspecified atom stereocenters. The zero-order chi connectivity index (χ0) is 16.1. The molecule has 1 aliphatic rings. The highest BCUT2D eigenvalue weighted by molar-refractivity contribution is 8.23. The lowest BCUT2D eigenvalue weighted by Crippen LogP contribution is -2.29. The SMILES string of the molecule is Cc1ccc(C)c(NC(=O)CCCCN2C(=O)CSC2=S)c1. The zero-order valence-corrected chi connectivity index (χ0v) is 14.5. The minimum atomic E-state index is 0.0124. The van der Waals surface area contributed by atoms with Gasteiger partial charge in [0.25, 0.3) is 0 Å². The Morgan fingerprint density at radius 3 is 2.82 bits per heavy atom. The summed E-state index contributed by atoms with van der Waals surface area (Å²) in [5.74, 6) is 0.541. The summed E-state index contributed by atoms with van der Waals surface area (Å²) < 4.78 is 0.657. The second-order valence-electron chi connectivity index (χ2n) is 5.42. The van der Waals surface area contributed by atoms with E-state index in [4.69, 9.17) is 12.2 Å². The summed E-state index contributed by atoms with van der Waals surface area (Å²) in [4.78, 5) is 25.2. The molecule has 1 aromatic carbocycles. The first-order valence-corrected chi connectivity index (χ1v) is 8.71. The van der Waals surface area contributed by atoms with Crippen LogP contribution < -0.4 is 5.32 Å². The molecule has 2 amide bonds. The molecule has 118 valence electrons. The van der Waals surface area contributed by atoms with Crippen molar-refractivity contribution < 1.29 is 9.59 Å². The monoisotopic (exact) mass is 336 g/mol. The zero-order valence-electron chi connectivity index (χ0n) is 12.8. The average molecular weight is 336 g/mol. The van der Waals surface area contributed by atoms with Gasteiger partial charge in [0, 0.05) is 18.7 Å². The summed E-state index contributed by atoms with van der Waals surface area (Å²) in [5.41, 5.74) is 3.06. The number of carbonyl (C=O) groups is 2. The van der Waals surface area contributed by atoms with E-state index in [2.05, 4.69) is 5.32 Å². The highest BCUT2D eigenvalue weighted by Gasteiger charge is 2.25. The molecule has 4 nitrogen and oxygen atoms in total. The molecule has 1 fully saturated rings. The minimum Gasteiger partial charge on any atom is -0.326 e. The lowest BCUT2D eigenvalue weighted by molar-refractivity contribution is -0.124. The Morgan fingerprint density at radius 2 is 2.14 bits per heavy atom. The summed E-state index contributed by atoms with van der Waals surface area (Å²) in [6, 6.07) is 6.01. The highest BCUT2D eigenvalue weighted by atomic mass is 32.2. The summed E-state index contributed by atoms with van der Waals surface area (Å²) in [6.45, 7) is 4.59. The van der Waals surface area contributed by atoms with E-state index in [0.29, 0.717) is 23.0 Å². The maximum atomic E-state index is 12.0. The fraction of sp³-hybridized carbons (Fsp3) is 0.438. The molecule has 22 heavy (non-hydrogen) atoms. The van der Waals surface area contributed by atoms with Crippen LogP contribution in [0.4, 0.5) is 5.69 Å². The summed E-state index contributed by atoms with van der Waals surface area (Å²) >= 11 is 6.53. The second-order valence-corrected chi connectivity index (χ2v) is 7.03. The lowest BCUT2D eigenvalue weighted by Gasteiger charge is -2.14. The van der Waals surface area contributed by atoms with Crippen molar-refractivity contribution in [1.29, 1.82) is 0 Å². The van der Waals surface area contributed by atoms with E-state index in [-0.39, 0.29) is 11.8 Å². The summed E-state index contributed by atoms with van der Waals surface area (Å²) in [7, 11) is 0. The average Bonchev–Trinajstić information content (AvgIpc) is 2.79. The predicted molar refractivity (Wildman–Crippen MR) is 95.2 cm³/mol. The molecule has 6 heteroatoms. The molecule has 1 aromatic rings. The number of thiocarbonyl (C=S) groups is 1. The van der Waals surface area contributed by atoms with Crippen LogP contribution in [0.15, 0.2) is 18.2 Å². The van der Waals surface area contributed by atoms with Crippen molar-refractivity contribution in [3.8, 4) is 0 Å². The molecule has 1 aliphatic heterocycles. The van der Waals surface area contributed by atoms with Crippen molar-refractivity contribution >= 4 is 45.8 Å². The minimum absolute atomic E-state index is 0.0124.